The number of anilines is 1. The Labute approximate surface area is 122 Å². The van der Waals surface area contributed by atoms with Crippen molar-refractivity contribution in [2.24, 2.45) is 0 Å². The average Bonchev–Trinajstić information content (AvgIpc) is 2.54. The molecule has 0 radical (unpaired) electrons. The van der Waals surface area contributed by atoms with E-state index in [-0.39, 0.29) is 6.04 Å². The summed E-state index contributed by atoms with van der Waals surface area (Å²) in [5.41, 5.74) is 1.26. The SMILES string of the molecule is C[C@H](c1ccncn1)N(C)C(=O)C(=O)Nc1ccccc1. The molecule has 2 aromatic rings. The van der Waals surface area contributed by atoms with Gasteiger partial charge < -0.3 is 10.2 Å². The van der Waals surface area contributed by atoms with Crippen LogP contribution in [-0.4, -0.2) is 33.7 Å². The van der Waals surface area contributed by atoms with Gasteiger partial charge in [-0.05, 0) is 25.1 Å². The van der Waals surface area contributed by atoms with Gasteiger partial charge in [0.2, 0.25) is 0 Å². The molecule has 0 bridgehead atoms. The first-order valence-electron chi connectivity index (χ1n) is 6.48. The van der Waals surface area contributed by atoms with Crippen molar-refractivity contribution in [3.8, 4) is 0 Å². The molecule has 1 heterocycles. The number of likely N-dealkylation sites (N-methyl/N-ethyl adjacent to an activating group) is 1. The minimum absolute atomic E-state index is 0.318. The van der Waals surface area contributed by atoms with Gasteiger partial charge in [-0.25, -0.2) is 9.97 Å². The molecule has 1 atom stereocenters. The lowest BCUT2D eigenvalue weighted by Crippen LogP contribution is -2.38. The number of carbonyl (C=O) groups is 2. The van der Waals surface area contributed by atoms with Crippen LogP contribution >= 0.6 is 0 Å². The third-order valence-electron chi connectivity index (χ3n) is 3.16. The third-order valence-corrected chi connectivity index (χ3v) is 3.16. The topological polar surface area (TPSA) is 75.2 Å². The highest BCUT2D eigenvalue weighted by Gasteiger charge is 2.24. The minimum Gasteiger partial charge on any atom is -0.329 e. The van der Waals surface area contributed by atoms with E-state index in [0.717, 1.165) is 0 Å². The highest BCUT2D eigenvalue weighted by Crippen LogP contribution is 2.16. The van der Waals surface area contributed by atoms with Crippen LogP contribution in [0, 0.1) is 0 Å². The van der Waals surface area contributed by atoms with Crippen molar-refractivity contribution in [1.29, 1.82) is 0 Å². The Bertz CT molecular complexity index is 616. The highest BCUT2D eigenvalue weighted by atomic mass is 16.2. The molecule has 0 aliphatic rings. The van der Waals surface area contributed by atoms with Crippen molar-refractivity contribution in [3.63, 3.8) is 0 Å². The molecule has 2 amide bonds. The summed E-state index contributed by atoms with van der Waals surface area (Å²) in [5, 5.41) is 2.57. The van der Waals surface area contributed by atoms with Crippen LogP contribution in [0.1, 0.15) is 18.7 Å². The summed E-state index contributed by atoms with van der Waals surface area (Å²) in [4.78, 5) is 33.4. The van der Waals surface area contributed by atoms with Crippen molar-refractivity contribution in [2.45, 2.75) is 13.0 Å². The van der Waals surface area contributed by atoms with Crippen LogP contribution in [0.15, 0.2) is 48.9 Å². The second-order valence-electron chi connectivity index (χ2n) is 4.55. The maximum atomic E-state index is 12.1. The molecule has 1 aromatic heterocycles. The van der Waals surface area contributed by atoms with Crippen molar-refractivity contribution >= 4 is 17.5 Å². The normalized spacial score (nSPS) is 11.5. The second kappa shape index (κ2) is 6.60. The molecule has 0 saturated heterocycles. The Morgan fingerprint density at radius 1 is 1.19 bits per heavy atom. The lowest BCUT2D eigenvalue weighted by atomic mass is 10.2. The van der Waals surface area contributed by atoms with Gasteiger partial charge in [0.15, 0.2) is 0 Å². The van der Waals surface area contributed by atoms with Crippen molar-refractivity contribution < 1.29 is 9.59 Å². The summed E-state index contributed by atoms with van der Waals surface area (Å²) in [6, 6.07) is 10.2. The van der Waals surface area contributed by atoms with E-state index in [1.54, 1.807) is 50.5 Å². The van der Waals surface area contributed by atoms with E-state index in [0.29, 0.717) is 11.4 Å². The first-order valence-corrected chi connectivity index (χ1v) is 6.48. The Morgan fingerprint density at radius 2 is 1.90 bits per heavy atom. The first-order chi connectivity index (χ1) is 10.1. The number of aromatic nitrogens is 2. The van der Waals surface area contributed by atoms with Gasteiger partial charge in [0.1, 0.15) is 6.33 Å². The lowest BCUT2D eigenvalue weighted by molar-refractivity contribution is -0.143. The summed E-state index contributed by atoms with van der Waals surface area (Å²) in [6.45, 7) is 1.80. The molecule has 6 nitrogen and oxygen atoms in total. The number of amides is 2. The van der Waals surface area contributed by atoms with Crippen LogP contribution in [0.4, 0.5) is 5.69 Å². The fourth-order valence-electron chi connectivity index (χ4n) is 1.79. The molecule has 0 fully saturated rings. The minimum atomic E-state index is -0.676. The largest absolute Gasteiger partial charge is 0.329 e. The van der Waals surface area contributed by atoms with E-state index >= 15 is 0 Å². The maximum absolute atomic E-state index is 12.1. The van der Waals surface area contributed by atoms with Gasteiger partial charge in [0.05, 0.1) is 11.7 Å². The monoisotopic (exact) mass is 284 g/mol. The molecular weight excluding hydrogens is 268 g/mol. The van der Waals surface area contributed by atoms with Crippen molar-refractivity contribution in [1.82, 2.24) is 14.9 Å². The summed E-state index contributed by atoms with van der Waals surface area (Å²) in [7, 11) is 1.57. The first kappa shape index (κ1) is 14.6. The number of para-hydroxylation sites is 1. The third kappa shape index (κ3) is 3.62. The van der Waals surface area contributed by atoms with Gasteiger partial charge in [0.25, 0.3) is 0 Å². The smallest absolute Gasteiger partial charge is 0.313 e. The molecular formula is C15H16N4O2. The van der Waals surface area contributed by atoms with Gasteiger partial charge >= 0.3 is 11.8 Å². The summed E-state index contributed by atoms with van der Waals surface area (Å²) in [6.07, 6.45) is 3.01. The predicted molar refractivity (Wildman–Crippen MR) is 78.3 cm³/mol. The van der Waals surface area contributed by atoms with Gasteiger partial charge in [-0.1, -0.05) is 18.2 Å². The highest BCUT2D eigenvalue weighted by molar-refractivity contribution is 6.39. The standard InChI is InChI=1S/C15H16N4O2/c1-11(13-8-9-16-10-17-13)19(2)15(21)14(20)18-12-6-4-3-5-7-12/h3-11H,1-2H3,(H,18,20)/t11-/m1/s1. The molecule has 108 valence electrons. The van der Waals surface area contributed by atoms with Gasteiger partial charge in [-0.15, -0.1) is 0 Å². The van der Waals surface area contributed by atoms with Gasteiger partial charge in [-0.3, -0.25) is 9.59 Å². The summed E-state index contributed by atoms with van der Waals surface area (Å²) < 4.78 is 0. The number of hydrogen-bond donors (Lipinski definition) is 1. The predicted octanol–water partition coefficient (Wildman–Crippen LogP) is 1.63. The molecule has 0 aliphatic carbocycles. The number of rotatable bonds is 3. The van der Waals surface area contributed by atoms with E-state index in [2.05, 4.69) is 15.3 Å². The van der Waals surface area contributed by atoms with Crippen LogP contribution in [0.5, 0.6) is 0 Å². The van der Waals surface area contributed by atoms with E-state index in [4.69, 9.17) is 0 Å². The Balaban J connectivity index is 2.03. The van der Waals surface area contributed by atoms with Crippen molar-refractivity contribution in [3.05, 3.63) is 54.6 Å². The molecule has 6 heteroatoms. The van der Waals surface area contributed by atoms with Gasteiger partial charge in [0, 0.05) is 18.9 Å². The van der Waals surface area contributed by atoms with E-state index in [9.17, 15) is 9.59 Å². The van der Waals surface area contributed by atoms with E-state index in [1.807, 2.05) is 6.07 Å². The van der Waals surface area contributed by atoms with Crippen LogP contribution in [0.2, 0.25) is 0 Å². The van der Waals surface area contributed by atoms with Crippen LogP contribution < -0.4 is 5.32 Å². The van der Waals surface area contributed by atoms with Gasteiger partial charge in [-0.2, -0.15) is 0 Å². The fourth-order valence-corrected chi connectivity index (χ4v) is 1.79. The maximum Gasteiger partial charge on any atom is 0.313 e. The average molecular weight is 284 g/mol. The van der Waals surface area contributed by atoms with E-state index in [1.165, 1.54) is 11.2 Å². The number of benzene rings is 1. The summed E-state index contributed by atoms with van der Waals surface area (Å²) >= 11 is 0. The lowest BCUT2D eigenvalue weighted by Gasteiger charge is -2.23. The molecule has 1 aromatic carbocycles. The fraction of sp³-hybridized carbons (Fsp3) is 0.200. The number of nitrogens with zero attached hydrogens (tertiary/aromatic N) is 3. The van der Waals surface area contributed by atoms with Crippen LogP contribution in [0.3, 0.4) is 0 Å². The zero-order chi connectivity index (χ0) is 15.2. The zero-order valence-corrected chi connectivity index (χ0v) is 11.9. The van der Waals surface area contributed by atoms with Crippen molar-refractivity contribution in [2.75, 3.05) is 12.4 Å². The molecule has 0 unspecified atom stereocenters. The Morgan fingerprint density at radius 3 is 2.52 bits per heavy atom. The summed E-state index contributed by atoms with van der Waals surface area (Å²) in [5.74, 6) is -1.30. The van der Waals surface area contributed by atoms with E-state index < -0.39 is 11.8 Å². The zero-order valence-electron chi connectivity index (χ0n) is 11.9. The Hall–Kier alpha value is -2.76. The molecule has 1 N–H and O–H groups in total. The quantitative estimate of drug-likeness (QED) is 0.869. The number of carbonyl (C=O) groups excluding carboxylic acids is 2. The molecule has 0 aliphatic heterocycles. The Kier molecular flexibility index (Phi) is 4.61. The molecule has 0 spiro atoms. The van der Waals surface area contributed by atoms with Crippen LogP contribution in [-0.2, 0) is 9.59 Å². The number of hydrogen-bond acceptors (Lipinski definition) is 4. The second-order valence-corrected chi connectivity index (χ2v) is 4.55. The molecule has 2 rings (SSSR count). The van der Waals surface area contributed by atoms with Crippen LogP contribution in [0.25, 0.3) is 0 Å². The molecule has 21 heavy (non-hydrogen) atoms. The molecule has 0 saturated carbocycles. The number of nitrogens with one attached hydrogen (secondary N) is 1.